The first-order valence-electron chi connectivity index (χ1n) is 2.94. The number of carbonyl (C=O) groups excluding carboxylic acids is 1. The lowest BCUT2D eigenvalue weighted by atomic mass is 10.3. The summed E-state index contributed by atoms with van der Waals surface area (Å²) in [6, 6.07) is 5.38. The molecule has 4 heteroatoms. The highest BCUT2D eigenvalue weighted by Gasteiger charge is 2.06. The van der Waals surface area contributed by atoms with Crippen molar-refractivity contribution in [3.8, 4) is 0 Å². The Bertz CT molecular complexity index is 438. The number of nitrogens with zero attached hydrogens (tertiary/aromatic N) is 2. The lowest BCUT2D eigenvalue weighted by Crippen LogP contribution is -2.21. The fraction of sp³-hybridized carbons (Fsp3) is 0. The van der Waals surface area contributed by atoms with Gasteiger partial charge in [0.25, 0.3) is 0 Å². The van der Waals surface area contributed by atoms with E-state index in [9.17, 15) is 4.79 Å². The summed E-state index contributed by atoms with van der Waals surface area (Å²) in [6.45, 7) is 0. The first kappa shape index (κ1) is 6.49. The Labute approximate surface area is 67.0 Å². The fourth-order valence-corrected chi connectivity index (χ4v) is 1.07. The molecular weight excluding hydrogens is 164 g/mol. The van der Waals surface area contributed by atoms with Crippen molar-refractivity contribution < 1.29 is 4.79 Å². The predicted molar refractivity (Wildman–Crippen MR) is 38.0 cm³/mol. The van der Waals surface area contributed by atoms with Crippen molar-refractivity contribution in [1.82, 2.24) is 0 Å². The lowest BCUT2D eigenvalue weighted by Gasteiger charge is -1.82. The molecule has 1 radical (unpaired) electrons. The van der Waals surface area contributed by atoms with E-state index in [-0.39, 0.29) is 0 Å². The third-order valence-electron chi connectivity index (χ3n) is 1.32. The molecule has 0 aliphatic carbocycles. The van der Waals surface area contributed by atoms with E-state index in [4.69, 9.17) is 11.6 Å². The van der Waals surface area contributed by atoms with Crippen molar-refractivity contribution in [2.24, 2.45) is 9.98 Å². The minimum atomic E-state index is -0.499. The third-order valence-corrected chi connectivity index (χ3v) is 1.61. The van der Waals surface area contributed by atoms with Gasteiger partial charge in [-0.05, 0) is 18.2 Å². The van der Waals surface area contributed by atoms with Crippen LogP contribution in [0.4, 0.5) is 4.79 Å². The van der Waals surface area contributed by atoms with Crippen LogP contribution in [0, 0.1) is 6.07 Å². The van der Waals surface area contributed by atoms with Gasteiger partial charge in [0, 0.05) is 0 Å². The normalized spacial score (nSPS) is 13.7. The molecule has 3 nitrogen and oxygen atoms in total. The van der Waals surface area contributed by atoms with Crippen LogP contribution in [0.15, 0.2) is 22.1 Å². The van der Waals surface area contributed by atoms with Crippen LogP contribution >= 0.6 is 11.6 Å². The molecule has 0 N–H and O–H groups in total. The van der Waals surface area contributed by atoms with Gasteiger partial charge in [0.05, 0.1) is 10.4 Å². The molecule has 0 fully saturated rings. The molecule has 1 aromatic carbocycles. The van der Waals surface area contributed by atoms with Crippen molar-refractivity contribution in [1.29, 1.82) is 0 Å². The molecule has 1 aromatic rings. The molecule has 11 heavy (non-hydrogen) atoms. The summed E-state index contributed by atoms with van der Waals surface area (Å²) in [4.78, 5) is 17.8. The second-order valence-corrected chi connectivity index (χ2v) is 2.45. The Morgan fingerprint density at radius 2 is 2.18 bits per heavy atom. The minimum absolute atomic E-state index is 0.414. The van der Waals surface area contributed by atoms with Crippen molar-refractivity contribution >= 4 is 17.6 Å². The molecule has 0 atom stereocenters. The summed E-state index contributed by atoms with van der Waals surface area (Å²) in [5, 5.41) is 1.37. The predicted octanol–water partition coefficient (Wildman–Crippen LogP) is 0.513. The van der Waals surface area contributed by atoms with Crippen LogP contribution in [0.2, 0.25) is 5.02 Å². The molecule has 53 valence electrons. The third kappa shape index (κ3) is 0.935. The van der Waals surface area contributed by atoms with Gasteiger partial charge in [-0.15, -0.1) is 0 Å². The molecule has 2 rings (SSSR count). The highest BCUT2D eigenvalue weighted by molar-refractivity contribution is 6.30. The molecule has 1 aliphatic rings. The largest absolute Gasteiger partial charge is 0.368 e. The van der Waals surface area contributed by atoms with Crippen molar-refractivity contribution in [2.75, 3.05) is 0 Å². The molecule has 0 saturated heterocycles. The van der Waals surface area contributed by atoms with E-state index in [0.717, 1.165) is 0 Å². The van der Waals surface area contributed by atoms with Crippen molar-refractivity contribution in [3.05, 3.63) is 33.9 Å². The first-order valence-corrected chi connectivity index (χ1v) is 3.32. The zero-order chi connectivity index (χ0) is 7.84. The highest BCUT2D eigenvalue weighted by atomic mass is 35.5. The average Bonchev–Trinajstić information content (AvgIpc) is 2.31. The Hall–Kier alpha value is -1.22. The number of hydrogen-bond acceptors (Lipinski definition) is 1. The molecule has 0 aromatic heterocycles. The van der Waals surface area contributed by atoms with Crippen LogP contribution in [-0.2, 0) is 0 Å². The standard InChI is InChI=1S/C7H2ClN2O/c8-4-2-1-3-5-6(4)10-7(11)9-5/h2-3H. The van der Waals surface area contributed by atoms with Crippen LogP contribution in [-0.4, -0.2) is 6.03 Å². The monoisotopic (exact) mass is 165 g/mol. The number of fused-ring (bicyclic) bond motifs is 1. The smallest absolute Gasteiger partial charge is 0.244 e. The molecule has 2 amide bonds. The summed E-state index contributed by atoms with van der Waals surface area (Å²) < 4.78 is 0. The van der Waals surface area contributed by atoms with E-state index in [1.165, 1.54) is 0 Å². The van der Waals surface area contributed by atoms with Gasteiger partial charge in [-0.25, -0.2) is 4.79 Å². The zero-order valence-electron chi connectivity index (χ0n) is 5.34. The summed E-state index contributed by atoms with van der Waals surface area (Å²) in [7, 11) is 0. The van der Waals surface area contributed by atoms with Crippen molar-refractivity contribution in [2.45, 2.75) is 0 Å². The zero-order valence-corrected chi connectivity index (χ0v) is 6.09. The number of amides is 2. The van der Waals surface area contributed by atoms with Gasteiger partial charge in [-0.2, -0.15) is 9.98 Å². The van der Waals surface area contributed by atoms with Crippen LogP contribution in [0.25, 0.3) is 0 Å². The molecule has 0 saturated carbocycles. The average molecular weight is 166 g/mol. The number of carbonyl (C=O) groups is 1. The van der Waals surface area contributed by atoms with E-state index in [1.54, 1.807) is 12.1 Å². The van der Waals surface area contributed by atoms with Crippen LogP contribution in [0.1, 0.15) is 0 Å². The van der Waals surface area contributed by atoms with Gasteiger partial charge in [0.1, 0.15) is 5.36 Å². The Kier molecular flexibility index (Phi) is 1.26. The molecule has 0 spiro atoms. The number of rotatable bonds is 0. The van der Waals surface area contributed by atoms with Gasteiger partial charge >= 0.3 is 6.03 Å². The maximum absolute atomic E-state index is 10.6. The van der Waals surface area contributed by atoms with Crippen LogP contribution in [0.3, 0.4) is 0 Å². The maximum Gasteiger partial charge on any atom is 0.368 e. The summed E-state index contributed by atoms with van der Waals surface area (Å²) in [5.41, 5.74) is 0. The van der Waals surface area contributed by atoms with Crippen LogP contribution in [0.5, 0.6) is 0 Å². The quantitative estimate of drug-likeness (QED) is 0.553. The van der Waals surface area contributed by atoms with E-state index in [0.29, 0.717) is 15.7 Å². The molecule has 0 unspecified atom stereocenters. The molecule has 1 heterocycles. The van der Waals surface area contributed by atoms with E-state index in [2.05, 4.69) is 16.1 Å². The van der Waals surface area contributed by atoms with E-state index < -0.39 is 6.03 Å². The van der Waals surface area contributed by atoms with Gasteiger partial charge < -0.3 is 0 Å². The fourth-order valence-electron chi connectivity index (χ4n) is 0.872. The first-order chi connectivity index (χ1) is 5.27. The second kappa shape index (κ2) is 2.13. The summed E-state index contributed by atoms with van der Waals surface area (Å²) in [6.07, 6.45) is 0. The van der Waals surface area contributed by atoms with Gasteiger partial charge in [-0.1, -0.05) is 11.6 Å². The number of urea groups is 1. The Morgan fingerprint density at radius 3 is 2.91 bits per heavy atom. The molecule has 0 bridgehead atoms. The Balaban J connectivity index is 2.97. The number of halogens is 1. The second-order valence-electron chi connectivity index (χ2n) is 2.04. The molecular formula is C7H2ClN2O. The SMILES string of the molecule is O=C1N=c2c[c]cc(Cl)c2=N1. The summed E-state index contributed by atoms with van der Waals surface area (Å²) >= 11 is 5.70. The number of benzene rings is 1. The molecule has 1 aliphatic heterocycles. The topological polar surface area (TPSA) is 41.8 Å². The van der Waals surface area contributed by atoms with Gasteiger partial charge in [0.2, 0.25) is 0 Å². The van der Waals surface area contributed by atoms with Crippen molar-refractivity contribution in [3.63, 3.8) is 0 Å². The van der Waals surface area contributed by atoms with E-state index in [1.807, 2.05) is 0 Å². The maximum atomic E-state index is 10.6. The minimum Gasteiger partial charge on any atom is -0.244 e. The van der Waals surface area contributed by atoms with E-state index >= 15 is 0 Å². The van der Waals surface area contributed by atoms with Gasteiger partial charge in [0.15, 0.2) is 0 Å². The lowest BCUT2D eigenvalue weighted by molar-refractivity contribution is 0.256. The summed E-state index contributed by atoms with van der Waals surface area (Å²) in [5.74, 6) is 0. The van der Waals surface area contributed by atoms with Crippen LogP contribution < -0.4 is 10.7 Å². The van der Waals surface area contributed by atoms with Gasteiger partial charge in [-0.3, -0.25) is 0 Å². The highest BCUT2D eigenvalue weighted by Crippen LogP contribution is 1.97. The Morgan fingerprint density at radius 1 is 1.36 bits per heavy atom. The number of hydrogen-bond donors (Lipinski definition) is 0.